The first-order valence-corrected chi connectivity index (χ1v) is 11.7. The van der Waals surface area contributed by atoms with Crippen LogP contribution in [0, 0.1) is 6.92 Å². The molecule has 4 rings (SSSR count). The van der Waals surface area contributed by atoms with E-state index in [0.717, 1.165) is 6.92 Å². The van der Waals surface area contributed by atoms with Crippen molar-refractivity contribution >= 4 is 63.9 Å². The molecule has 0 aliphatic carbocycles. The number of ether oxygens (including phenoxy) is 1. The zero-order chi connectivity index (χ0) is 49.7. The van der Waals surface area contributed by atoms with Crippen LogP contribution in [0.2, 0.25) is 0 Å². The summed E-state index contributed by atoms with van der Waals surface area (Å²) in [5.41, 5.74) is 4.84. The number of nitrogens with two attached hydrogens (primary N) is 1. The minimum absolute atomic E-state index is 0. The number of carbonyl (C=O) groups is 4. The van der Waals surface area contributed by atoms with Gasteiger partial charge in [-0.15, -0.1) is 0 Å². The van der Waals surface area contributed by atoms with E-state index in [-0.39, 0.29) is 103 Å². The van der Waals surface area contributed by atoms with E-state index in [1.165, 1.54) is 13.8 Å². The van der Waals surface area contributed by atoms with Crippen molar-refractivity contribution < 1.29 is 71.6 Å². The minimum Gasteiger partial charge on any atom is -1.00 e. The van der Waals surface area contributed by atoms with Crippen molar-refractivity contribution in [3.05, 3.63) is 128 Å². The molecule has 0 aliphatic heterocycles. The van der Waals surface area contributed by atoms with Crippen molar-refractivity contribution in [1.82, 2.24) is 0 Å². The molecule has 2 amide bonds. The van der Waals surface area contributed by atoms with Gasteiger partial charge in [-0.2, -0.15) is 4.79 Å². The van der Waals surface area contributed by atoms with Crippen molar-refractivity contribution in [3.8, 4) is 0 Å². The normalized spacial score (nSPS) is 14.5. The molecule has 234 valence electrons. The van der Waals surface area contributed by atoms with Gasteiger partial charge in [-0.25, -0.2) is 0 Å². The Morgan fingerprint density at radius 2 is 1.00 bits per heavy atom. The second kappa shape index (κ2) is 29.6. The van der Waals surface area contributed by atoms with Crippen LogP contribution in [0.3, 0.4) is 0 Å². The Kier molecular flexibility index (Phi) is 12.6. The molecule has 0 fully saturated rings. The number of anilines is 4. The number of para-hydroxylation sites is 4. The minimum atomic E-state index is -0.813. The number of nitrogen functional groups attached to an aromatic ring is 1. The summed E-state index contributed by atoms with van der Waals surface area (Å²) >= 11 is 0. The smallest absolute Gasteiger partial charge is 1.00 e. The second-order valence-corrected chi connectivity index (χ2v) is 6.90. The molecule has 4 aromatic rings. The standard InChI is InChI=1S/2C8H9NO.C8H11N.C6H7N.C4H5O3.Al.Li.4H/c2*1-7(10)9-8-5-3-2-4-6-8;1-2-9-8-6-4-3-5-7-8;7-6-4-2-1-3-5-6;1-3(5)7-4(2)6;;;;;;/h2*2-6H,1H3,(H,9,10);3-7,9H,2H2,1H3;1-5H,7H2;1H2,2H3;;;;;;/q;;;;+1;;+1;;;;-1/i2*2D,3D,4D,5D,6D;3D,4D,5D,6D,7D;1D,2D,3D,4D,5D;;;;;;;. The topological polar surface area (TPSA) is 140 Å². The summed E-state index contributed by atoms with van der Waals surface area (Å²) in [7, 11) is 0. The fourth-order valence-corrected chi connectivity index (χ4v) is 1.91. The number of amides is 2. The fourth-order valence-electron chi connectivity index (χ4n) is 1.91. The van der Waals surface area contributed by atoms with Crippen molar-refractivity contribution in [2.45, 2.75) is 27.7 Å². The van der Waals surface area contributed by atoms with Crippen LogP contribution in [0.25, 0.3) is 0 Å². The summed E-state index contributed by atoms with van der Waals surface area (Å²) in [5, 5.41) is 7.18. The van der Waals surface area contributed by atoms with Gasteiger partial charge >= 0.3 is 30.8 Å². The van der Waals surface area contributed by atoms with Crippen LogP contribution >= 0.6 is 0 Å². The average Bonchev–Trinajstić information content (AvgIpc) is 3.22. The Hall–Kier alpha value is -4.44. The van der Waals surface area contributed by atoms with Gasteiger partial charge in [0.2, 0.25) is 11.8 Å². The molecule has 5 N–H and O–H groups in total. The maximum absolute atomic E-state index is 10.8. The van der Waals surface area contributed by atoms with Crippen LogP contribution in [0.15, 0.2) is 121 Å². The molecule has 0 bridgehead atoms. The van der Waals surface area contributed by atoms with Crippen LogP contribution in [-0.4, -0.2) is 47.7 Å². The Labute approximate surface area is 319 Å². The Balaban J connectivity index is -0.000000366. The maximum Gasteiger partial charge on any atom is 1.00 e. The molecular formula is C34H45AlLiN4O5+. The summed E-state index contributed by atoms with van der Waals surface area (Å²) in [6, 6.07) is -7.64. The van der Waals surface area contributed by atoms with E-state index in [1.54, 1.807) is 6.92 Å². The monoisotopic (exact) mass is 643 g/mol. The third-order valence-electron chi connectivity index (χ3n) is 3.23. The summed E-state index contributed by atoms with van der Waals surface area (Å²) < 4.78 is 150. The number of rotatable bonds is 4. The quantitative estimate of drug-likeness (QED) is 0.0882. The SMILES string of the molecule is [2H]c1c([2H])c([2H])c(N)c([2H])c1[2H].[2H]c1c([2H])c([2H])c(NC(C)=O)c([2H])c1[2H].[2H]c1c([2H])c([2H])c(NC(C)=O)c([2H])c1[2H].[2H]c1c([2H])c([2H])c(NCC)c([2H])c1[2H].[AlH3].[CH2+]C(=O)OC(C)=O.[H-].[Li+]. The van der Waals surface area contributed by atoms with Crippen LogP contribution in [0.5, 0.6) is 0 Å². The molecule has 0 atom stereocenters. The van der Waals surface area contributed by atoms with Gasteiger partial charge in [0.05, 0.1) is 27.4 Å². The van der Waals surface area contributed by atoms with Crippen molar-refractivity contribution in [2.75, 3.05) is 28.2 Å². The van der Waals surface area contributed by atoms with E-state index < -0.39 is 102 Å². The van der Waals surface area contributed by atoms with Gasteiger partial charge in [-0.1, -0.05) is 72.5 Å². The Morgan fingerprint density at radius 3 is 1.24 bits per heavy atom. The molecule has 11 heteroatoms. The molecule has 9 nitrogen and oxygen atoms in total. The van der Waals surface area contributed by atoms with Gasteiger partial charge < -0.3 is 27.8 Å². The number of benzene rings is 4. The Bertz CT molecular complexity index is 2130. The van der Waals surface area contributed by atoms with Gasteiger partial charge in [0, 0.05) is 50.1 Å². The number of carbonyl (C=O) groups excluding carboxylic acids is 4. The van der Waals surface area contributed by atoms with Crippen LogP contribution in [-0.2, 0) is 23.9 Å². The van der Waals surface area contributed by atoms with Crippen LogP contribution < -0.4 is 40.5 Å². The predicted molar refractivity (Wildman–Crippen MR) is 186 cm³/mol. The van der Waals surface area contributed by atoms with Gasteiger partial charge in [0.1, 0.15) is 0 Å². The molecular weight excluding hydrogens is 578 g/mol. The largest absolute Gasteiger partial charge is 1.00 e. The molecule has 0 spiro atoms. The molecule has 0 unspecified atom stereocenters. The molecule has 4 aromatic carbocycles. The molecule has 0 saturated carbocycles. The van der Waals surface area contributed by atoms with Gasteiger partial charge in [0.25, 0.3) is 0 Å². The van der Waals surface area contributed by atoms with E-state index in [0.29, 0.717) is 6.54 Å². The maximum atomic E-state index is 10.8. The summed E-state index contributed by atoms with van der Waals surface area (Å²) in [6.45, 7) is 8.68. The third-order valence-corrected chi connectivity index (χ3v) is 3.23. The fraction of sp³-hybridized carbons (Fsp3) is 0.147. The predicted octanol–water partition coefficient (Wildman–Crippen LogP) is 2.52. The molecule has 45 heavy (non-hydrogen) atoms. The zero-order valence-corrected chi connectivity index (χ0v) is 24.5. The van der Waals surface area contributed by atoms with E-state index in [1.807, 2.05) is 0 Å². The number of nitrogens with one attached hydrogen (secondary N) is 3. The first kappa shape index (κ1) is 19.2. The number of hydrogen-bond donors (Lipinski definition) is 4. The summed E-state index contributed by atoms with van der Waals surface area (Å²) in [6.07, 6.45) is 0. The summed E-state index contributed by atoms with van der Waals surface area (Å²) in [4.78, 5) is 41.0. The van der Waals surface area contributed by atoms with Crippen LogP contribution in [0.1, 0.15) is 56.5 Å². The first-order chi connectivity index (χ1) is 28.8. The summed E-state index contributed by atoms with van der Waals surface area (Å²) in [5.74, 6) is -2.39. The molecule has 0 radical (unpaired) electrons. The third kappa shape index (κ3) is 30.8. The number of hydrogen-bond acceptors (Lipinski definition) is 7. The van der Waals surface area contributed by atoms with Gasteiger partial charge in [-0.05, 0) is 55.3 Å². The molecule has 0 aliphatic rings. The number of esters is 2. The first-order valence-electron chi connectivity index (χ1n) is 21.7. The molecule has 0 aromatic heterocycles. The van der Waals surface area contributed by atoms with E-state index >= 15 is 0 Å². The van der Waals surface area contributed by atoms with Gasteiger partial charge in [0.15, 0.2) is 24.3 Å². The molecule has 0 saturated heterocycles. The van der Waals surface area contributed by atoms with E-state index in [9.17, 15) is 19.2 Å². The second-order valence-electron chi connectivity index (χ2n) is 6.90. The van der Waals surface area contributed by atoms with E-state index in [2.05, 4.69) is 27.6 Å². The molecule has 0 heterocycles. The van der Waals surface area contributed by atoms with Crippen molar-refractivity contribution in [2.24, 2.45) is 0 Å². The van der Waals surface area contributed by atoms with Crippen molar-refractivity contribution in [1.29, 1.82) is 0 Å². The zero-order valence-electron chi connectivity index (χ0n) is 45.5. The van der Waals surface area contributed by atoms with E-state index in [4.69, 9.17) is 33.1 Å². The average molecular weight is 644 g/mol. The Morgan fingerprint density at radius 1 is 0.689 bits per heavy atom. The van der Waals surface area contributed by atoms with Crippen molar-refractivity contribution in [3.63, 3.8) is 0 Å². The van der Waals surface area contributed by atoms with Crippen LogP contribution in [0.4, 0.5) is 22.7 Å². The van der Waals surface area contributed by atoms with Gasteiger partial charge in [-0.3, -0.25) is 14.4 Å².